The molecule has 0 saturated carbocycles. The van der Waals surface area contributed by atoms with Gasteiger partial charge in [0.05, 0.1) is 12.4 Å². The predicted molar refractivity (Wildman–Crippen MR) is 47.6 cm³/mol. The van der Waals surface area contributed by atoms with Crippen molar-refractivity contribution in [3.8, 4) is 0 Å². The molecule has 0 atom stereocenters. The molecule has 2 heterocycles. The van der Waals surface area contributed by atoms with Crippen molar-refractivity contribution in [2.75, 3.05) is 0 Å². The van der Waals surface area contributed by atoms with Crippen LogP contribution in [0.3, 0.4) is 0 Å². The number of aromatic nitrogens is 2. The summed E-state index contributed by atoms with van der Waals surface area (Å²) in [7, 11) is 0. The standard InChI is InChI=1S/C8H10N5/c1-3-13-6(2)7(4-10-13)8-5-9-12-11-8/h4-5H,3H2,1-2H3. The summed E-state index contributed by atoms with van der Waals surface area (Å²) in [5, 5.41) is 11.6. The van der Waals surface area contributed by atoms with Gasteiger partial charge in [-0.1, -0.05) is 0 Å². The minimum atomic E-state index is 0.789. The number of nitrogens with zero attached hydrogens (tertiary/aromatic N) is 5. The van der Waals surface area contributed by atoms with Gasteiger partial charge >= 0.3 is 0 Å². The van der Waals surface area contributed by atoms with E-state index >= 15 is 0 Å². The molecule has 1 radical (unpaired) electrons. The fraction of sp³-hybridized carbons (Fsp3) is 0.375. The highest BCUT2D eigenvalue weighted by Crippen LogP contribution is 2.21. The quantitative estimate of drug-likeness (QED) is 0.673. The fourth-order valence-electron chi connectivity index (χ4n) is 1.32. The van der Waals surface area contributed by atoms with E-state index in [2.05, 4.69) is 27.8 Å². The molecule has 5 heteroatoms. The van der Waals surface area contributed by atoms with Crippen LogP contribution in [0.25, 0.3) is 5.70 Å². The summed E-state index contributed by atoms with van der Waals surface area (Å²) in [6.07, 6.45) is 3.44. The van der Waals surface area contributed by atoms with Crippen LogP contribution >= 0.6 is 0 Å². The third-order valence-electron chi connectivity index (χ3n) is 2.06. The highest BCUT2D eigenvalue weighted by molar-refractivity contribution is 5.65. The largest absolute Gasteiger partial charge is 0.269 e. The number of aryl methyl sites for hydroxylation is 1. The average Bonchev–Trinajstić information content (AvgIpc) is 2.72. The van der Waals surface area contributed by atoms with E-state index < -0.39 is 0 Å². The van der Waals surface area contributed by atoms with Crippen LogP contribution in [0, 0.1) is 6.92 Å². The number of rotatable bonds is 2. The maximum absolute atomic E-state index is 4.21. The normalized spacial score (nSPS) is 14.5. The van der Waals surface area contributed by atoms with E-state index in [9.17, 15) is 0 Å². The molecule has 5 nitrogen and oxygen atoms in total. The van der Waals surface area contributed by atoms with Crippen LogP contribution in [0.1, 0.15) is 18.2 Å². The first-order chi connectivity index (χ1) is 6.33. The van der Waals surface area contributed by atoms with E-state index in [4.69, 9.17) is 0 Å². The summed E-state index contributed by atoms with van der Waals surface area (Å²) in [5.41, 5.74) is 6.57. The fourth-order valence-corrected chi connectivity index (χ4v) is 1.32. The van der Waals surface area contributed by atoms with Gasteiger partial charge in [0.15, 0.2) is 0 Å². The molecule has 0 aromatic carbocycles. The lowest BCUT2D eigenvalue weighted by molar-refractivity contribution is 0.639. The molecule has 1 aliphatic rings. The lowest BCUT2D eigenvalue weighted by atomic mass is 10.2. The Balaban J connectivity index is 2.41. The van der Waals surface area contributed by atoms with Gasteiger partial charge in [-0.25, -0.2) is 0 Å². The molecule has 1 aromatic rings. The minimum absolute atomic E-state index is 0.789. The molecule has 67 valence electrons. The number of hydrogen-bond acceptors (Lipinski definition) is 3. The first-order valence-electron chi connectivity index (χ1n) is 4.16. The van der Waals surface area contributed by atoms with Crippen molar-refractivity contribution in [2.24, 2.45) is 10.3 Å². The van der Waals surface area contributed by atoms with Gasteiger partial charge in [0, 0.05) is 17.8 Å². The summed E-state index contributed by atoms with van der Waals surface area (Å²) in [4.78, 5) is 0. The molecule has 13 heavy (non-hydrogen) atoms. The molecule has 0 spiro atoms. The SMILES string of the molecule is CCn1ncc(C2=C[N]N=N2)c1C. The molecule has 0 bridgehead atoms. The minimum Gasteiger partial charge on any atom is -0.269 e. The Labute approximate surface area is 76.1 Å². The van der Waals surface area contributed by atoms with Crippen molar-refractivity contribution in [3.63, 3.8) is 0 Å². The topological polar surface area (TPSA) is 56.6 Å². The molecule has 1 aliphatic heterocycles. The molecular formula is C8H10N5. The first kappa shape index (κ1) is 7.97. The van der Waals surface area contributed by atoms with Crippen LogP contribution in [0.15, 0.2) is 22.7 Å². The zero-order valence-corrected chi connectivity index (χ0v) is 7.60. The Bertz CT molecular complexity index is 374. The predicted octanol–water partition coefficient (Wildman–Crippen LogP) is 1.50. The summed E-state index contributed by atoms with van der Waals surface area (Å²) < 4.78 is 1.92. The van der Waals surface area contributed by atoms with Crippen molar-refractivity contribution in [1.82, 2.24) is 15.2 Å². The second-order valence-corrected chi connectivity index (χ2v) is 2.78. The van der Waals surface area contributed by atoms with Gasteiger partial charge in [-0.05, 0) is 19.1 Å². The summed E-state index contributed by atoms with van der Waals surface area (Å²) in [5.74, 6) is 0. The Hall–Kier alpha value is -1.65. The zero-order valence-electron chi connectivity index (χ0n) is 7.60. The summed E-state index contributed by atoms with van der Waals surface area (Å²) in [6.45, 7) is 4.94. The molecule has 1 aromatic heterocycles. The van der Waals surface area contributed by atoms with E-state index in [0.717, 1.165) is 23.5 Å². The molecular weight excluding hydrogens is 166 g/mol. The van der Waals surface area contributed by atoms with Gasteiger partial charge in [0.2, 0.25) is 0 Å². The van der Waals surface area contributed by atoms with E-state index in [1.54, 1.807) is 12.4 Å². The Morgan fingerprint density at radius 1 is 1.46 bits per heavy atom. The van der Waals surface area contributed by atoms with Gasteiger partial charge in [-0.15, -0.1) is 10.5 Å². The zero-order chi connectivity index (χ0) is 9.26. The second-order valence-electron chi connectivity index (χ2n) is 2.78. The van der Waals surface area contributed by atoms with Crippen LogP contribution in [0.2, 0.25) is 0 Å². The molecule has 0 amide bonds. The van der Waals surface area contributed by atoms with Crippen molar-refractivity contribution < 1.29 is 0 Å². The monoisotopic (exact) mass is 176 g/mol. The summed E-state index contributed by atoms with van der Waals surface area (Å²) >= 11 is 0. The van der Waals surface area contributed by atoms with Gasteiger partial charge < -0.3 is 0 Å². The Morgan fingerprint density at radius 2 is 2.31 bits per heavy atom. The van der Waals surface area contributed by atoms with E-state index in [0.29, 0.717) is 0 Å². The van der Waals surface area contributed by atoms with Crippen molar-refractivity contribution in [3.05, 3.63) is 23.7 Å². The molecule has 0 fully saturated rings. The second kappa shape index (κ2) is 3.01. The van der Waals surface area contributed by atoms with Crippen LogP contribution < -0.4 is 5.43 Å². The van der Waals surface area contributed by atoms with E-state index in [1.165, 1.54) is 0 Å². The Morgan fingerprint density at radius 3 is 2.85 bits per heavy atom. The first-order valence-corrected chi connectivity index (χ1v) is 4.16. The Kier molecular flexibility index (Phi) is 1.84. The lowest BCUT2D eigenvalue weighted by Gasteiger charge is -1.99. The maximum atomic E-state index is 4.21. The van der Waals surface area contributed by atoms with Crippen LogP contribution in [-0.4, -0.2) is 9.78 Å². The molecule has 0 aliphatic carbocycles. The molecule has 0 N–H and O–H groups in total. The highest BCUT2D eigenvalue weighted by atomic mass is 15.4. The van der Waals surface area contributed by atoms with Crippen LogP contribution in [-0.2, 0) is 6.54 Å². The van der Waals surface area contributed by atoms with E-state index in [-0.39, 0.29) is 0 Å². The summed E-state index contributed by atoms with van der Waals surface area (Å²) in [6, 6.07) is 0. The van der Waals surface area contributed by atoms with Crippen molar-refractivity contribution >= 4 is 5.70 Å². The van der Waals surface area contributed by atoms with Gasteiger partial charge in [-0.3, -0.25) is 4.68 Å². The molecule has 2 rings (SSSR count). The lowest BCUT2D eigenvalue weighted by Crippen LogP contribution is -1.98. The maximum Gasteiger partial charge on any atom is 0.118 e. The third-order valence-corrected chi connectivity index (χ3v) is 2.06. The van der Waals surface area contributed by atoms with Gasteiger partial charge in [0.25, 0.3) is 0 Å². The highest BCUT2D eigenvalue weighted by Gasteiger charge is 2.12. The van der Waals surface area contributed by atoms with Gasteiger partial charge in [-0.2, -0.15) is 5.10 Å². The smallest absolute Gasteiger partial charge is 0.118 e. The van der Waals surface area contributed by atoms with Crippen LogP contribution in [0.4, 0.5) is 0 Å². The molecule has 0 saturated heterocycles. The van der Waals surface area contributed by atoms with Gasteiger partial charge in [0.1, 0.15) is 5.70 Å². The molecule has 0 unspecified atom stereocenters. The van der Waals surface area contributed by atoms with Crippen LogP contribution in [0.5, 0.6) is 0 Å². The average molecular weight is 176 g/mol. The van der Waals surface area contributed by atoms with Crippen molar-refractivity contribution in [1.29, 1.82) is 0 Å². The number of hydrogen-bond donors (Lipinski definition) is 0. The van der Waals surface area contributed by atoms with E-state index in [1.807, 2.05) is 11.6 Å². The third kappa shape index (κ3) is 1.22. The van der Waals surface area contributed by atoms with Crippen molar-refractivity contribution in [2.45, 2.75) is 20.4 Å².